The molecule has 1 aromatic heterocycles. The number of aromatic nitrogens is 2. The molecule has 1 aromatic rings. The number of carboxylic acids is 1. The molecule has 2 unspecified atom stereocenters. The Bertz CT molecular complexity index is 458. The Kier molecular flexibility index (Phi) is 4.76. The van der Waals surface area contributed by atoms with Gasteiger partial charge in [-0.05, 0) is 30.7 Å². The van der Waals surface area contributed by atoms with E-state index in [2.05, 4.69) is 5.10 Å². The number of hydrogen-bond donors (Lipinski definition) is 1. The molecule has 6 heteroatoms. The number of likely N-dealkylation sites (tertiary alicyclic amines) is 1. The van der Waals surface area contributed by atoms with E-state index in [9.17, 15) is 9.59 Å². The Morgan fingerprint density at radius 3 is 2.95 bits per heavy atom. The average molecular weight is 279 g/mol. The predicted octanol–water partition coefficient (Wildman–Crippen LogP) is 1.23. The molecule has 1 amide bonds. The predicted molar refractivity (Wildman–Crippen MR) is 72.9 cm³/mol. The molecule has 1 fully saturated rings. The summed E-state index contributed by atoms with van der Waals surface area (Å²) < 4.78 is 1.62. The Labute approximate surface area is 118 Å². The average Bonchev–Trinajstić information content (AvgIpc) is 2.91. The number of amides is 1. The summed E-state index contributed by atoms with van der Waals surface area (Å²) in [5, 5.41) is 12.9. The molecule has 6 nitrogen and oxygen atoms in total. The number of rotatable bonds is 5. The molecule has 2 atom stereocenters. The molecule has 0 saturated carbocycles. The monoisotopic (exact) mass is 279 g/mol. The van der Waals surface area contributed by atoms with E-state index in [1.165, 1.54) is 0 Å². The molecule has 110 valence electrons. The van der Waals surface area contributed by atoms with Gasteiger partial charge in [-0.15, -0.1) is 0 Å². The van der Waals surface area contributed by atoms with Crippen LogP contribution in [0.2, 0.25) is 0 Å². The summed E-state index contributed by atoms with van der Waals surface area (Å²) in [6, 6.07) is 1.79. The van der Waals surface area contributed by atoms with Crippen LogP contribution in [0.3, 0.4) is 0 Å². The number of nitrogens with zero attached hydrogens (tertiary/aromatic N) is 3. The van der Waals surface area contributed by atoms with E-state index in [0.717, 1.165) is 19.4 Å². The lowest BCUT2D eigenvalue weighted by Crippen LogP contribution is -2.43. The van der Waals surface area contributed by atoms with Crippen molar-refractivity contribution in [3.05, 3.63) is 18.5 Å². The molecule has 1 saturated heterocycles. The Balaban J connectivity index is 1.89. The maximum atomic E-state index is 12.2. The van der Waals surface area contributed by atoms with Crippen molar-refractivity contribution in [3.8, 4) is 0 Å². The van der Waals surface area contributed by atoms with Crippen LogP contribution in [0.4, 0.5) is 0 Å². The SMILES string of the molecule is CC(CC(=O)O)C1CCCN(C(=O)Cn2cccn2)C1. The zero-order valence-corrected chi connectivity index (χ0v) is 11.7. The first-order chi connectivity index (χ1) is 9.56. The van der Waals surface area contributed by atoms with Gasteiger partial charge in [0.2, 0.25) is 5.91 Å². The highest BCUT2D eigenvalue weighted by Crippen LogP contribution is 2.26. The second-order valence-corrected chi connectivity index (χ2v) is 5.52. The van der Waals surface area contributed by atoms with Crippen LogP contribution in [0.25, 0.3) is 0 Å². The molecule has 0 aliphatic carbocycles. The maximum absolute atomic E-state index is 12.2. The molecule has 2 heterocycles. The Hall–Kier alpha value is -1.85. The van der Waals surface area contributed by atoms with Gasteiger partial charge in [-0.1, -0.05) is 6.92 Å². The van der Waals surface area contributed by atoms with Gasteiger partial charge in [0, 0.05) is 31.9 Å². The van der Waals surface area contributed by atoms with Gasteiger partial charge in [-0.25, -0.2) is 0 Å². The van der Waals surface area contributed by atoms with Crippen molar-refractivity contribution in [1.82, 2.24) is 14.7 Å². The lowest BCUT2D eigenvalue weighted by Gasteiger charge is -2.35. The largest absolute Gasteiger partial charge is 0.481 e. The van der Waals surface area contributed by atoms with E-state index in [1.54, 1.807) is 23.1 Å². The van der Waals surface area contributed by atoms with Gasteiger partial charge in [0.25, 0.3) is 0 Å². The molecular formula is C14H21N3O3. The van der Waals surface area contributed by atoms with E-state index >= 15 is 0 Å². The van der Waals surface area contributed by atoms with Crippen LogP contribution in [0.5, 0.6) is 0 Å². The normalized spacial score (nSPS) is 20.6. The lowest BCUT2D eigenvalue weighted by molar-refractivity contribution is -0.138. The van der Waals surface area contributed by atoms with Crippen LogP contribution in [0, 0.1) is 11.8 Å². The van der Waals surface area contributed by atoms with Crippen molar-refractivity contribution in [1.29, 1.82) is 0 Å². The fraction of sp³-hybridized carbons (Fsp3) is 0.643. The Morgan fingerprint density at radius 2 is 2.30 bits per heavy atom. The van der Waals surface area contributed by atoms with Gasteiger partial charge in [0.1, 0.15) is 6.54 Å². The van der Waals surface area contributed by atoms with Crippen LogP contribution < -0.4 is 0 Å². The first kappa shape index (κ1) is 14.6. The van der Waals surface area contributed by atoms with Crippen LogP contribution in [0.1, 0.15) is 26.2 Å². The highest BCUT2D eigenvalue weighted by Gasteiger charge is 2.28. The van der Waals surface area contributed by atoms with Gasteiger partial charge in [-0.3, -0.25) is 14.3 Å². The quantitative estimate of drug-likeness (QED) is 0.879. The van der Waals surface area contributed by atoms with Gasteiger partial charge in [0.05, 0.1) is 0 Å². The number of carbonyl (C=O) groups excluding carboxylic acids is 1. The zero-order chi connectivity index (χ0) is 14.5. The smallest absolute Gasteiger partial charge is 0.303 e. The third-order valence-electron chi connectivity index (χ3n) is 3.97. The first-order valence-electron chi connectivity index (χ1n) is 7.03. The number of aliphatic carboxylic acids is 1. The summed E-state index contributed by atoms with van der Waals surface area (Å²) in [6.45, 7) is 3.64. The second kappa shape index (κ2) is 6.54. The van der Waals surface area contributed by atoms with Crippen LogP contribution >= 0.6 is 0 Å². The maximum Gasteiger partial charge on any atom is 0.303 e. The van der Waals surface area contributed by atoms with Gasteiger partial charge in [-0.2, -0.15) is 5.10 Å². The minimum absolute atomic E-state index is 0.0564. The van der Waals surface area contributed by atoms with Crippen molar-refractivity contribution in [2.24, 2.45) is 11.8 Å². The third kappa shape index (κ3) is 3.82. The number of hydrogen-bond acceptors (Lipinski definition) is 3. The van der Waals surface area contributed by atoms with Crippen molar-refractivity contribution in [3.63, 3.8) is 0 Å². The number of piperidine rings is 1. The van der Waals surface area contributed by atoms with E-state index < -0.39 is 5.97 Å². The summed E-state index contributed by atoms with van der Waals surface area (Å²) >= 11 is 0. The number of carboxylic acid groups (broad SMARTS) is 1. The molecule has 0 aromatic carbocycles. The van der Waals surface area contributed by atoms with E-state index in [-0.39, 0.29) is 30.7 Å². The van der Waals surface area contributed by atoms with Crippen LogP contribution in [-0.2, 0) is 16.1 Å². The number of carbonyl (C=O) groups is 2. The minimum Gasteiger partial charge on any atom is -0.481 e. The van der Waals surface area contributed by atoms with Crippen molar-refractivity contribution in [2.75, 3.05) is 13.1 Å². The van der Waals surface area contributed by atoms with Gasteiger partial charge >= 0.3 is 5.97 Å². The third-order valence-corrected chi connectivity index (χ3v) is 3.97. The van der Waals surface area contributed by atoms with Crippen molar-refractivity contribution >= 4 is 11.9 Å². The standard InChI is InChI=1S/C14H21N3O3/c1-11(8-14(19)20)12-4-2-6-16(9-12)13(18)10-17-7-3-5-15-17/h3,5,7,11-12H,2,4,6,8-10H2,1H3,(H,19,20). The summed E-state index contributed by atoms with van der Waals surface area (Å²) in [4.78, 5) is 24.8. The molecule has 1 aliphatic rings. The molecule has 1 aliphatic heterocycles. The summed E-state index contributed by atoms with van der Waals surface area (Å²) in [7, 11) is 0. The van der Waals surface area contributed by atoms with E-state index in [4.69, 9.17) is 5.11 Å². The molecule has 0 radical (unpaired) electrons. The second-order valence-electron chi connectivity index (χ2n) is 5.52. The fourth-order valence-corrected chi connectivity index (χ4v) is 2.78. The van der Waals surface area contributed by atoms with Crippen molar-refractivity contribution < 1.29 is 14.7 Å². The topological polar surface area (TPSA) is 75.4 Å². The van der Waals surface area contributed by atoms with E-state index in [1.807, 2.05) is 11.8 Å². The highest BCUT2D eigenvalue weighted by molar-refractivity contribution is 5.76. The molecular weight excluding hydrogens is 258 g/mol. The molecule has 1 N–H and O–H groups in total. The summed E-state index contributed by atoms with van der Waals surface area (Å²) in [5.74, 6) is -0.326. The Morgan fingerprint density at radius 1 is 1.50 bits per heavy atom. The molecule has 20 heavy (non-hydrogen) atoms. The highest BCUT2D eigenvalue weighted by atomic mass is 16.4. The summed E-state index contributed by atoms with van der Waals surface area (Å²) in [5.41, 5.74) is 0. The zero-order valence-electron chi connectivity index (χ0n) is 11.7. The molecule has 0 bridgehead atoms. The minimum atomic E-state index is -0.766. The molecule has 2 rings (SSSR count). The van der Waals surface area contributed by atoms with Gasteiger partial charge in [0.15, 0.2) is 0 Å². The van der Waals surface area contributed by atoms with E-state index in [0.29, 0.717) is 6.54 Å². The first-order valence-corrected chi connectivity index (χ1v) is 7.03. The summed E-state index contributed by atoms with van der Waals surface area (Å²) in [6.07, 6.45) is 5.54. The fourth-order valence-electron chi connectivity index (χ4n) is 2.78. The lowest BCUT2D eigenvalue weighted by atomic mass is 9.84. The van der Waals surface area contributed by atoms with Crippen LogP contribution in [0.15, 0.2) is 18.5 Å². The molecule has 0 spiro atoms. The van der Waals surface area contributed by atoms with Crippen LogP contribution in [-0.4, -0.2) is 44.8 Å². The van der Waals surface area contributed by atoms with Gasteiger partial charge < -0.3 is 10.0 Å². The van der Waals surface area contributed by atoms with Crippen molar-refractivity contribution in [2.45, 2.75) is 32.7 Å².